The van der Waals surface area contributed by atoms with E-state index in [1.807, 2.05) is 54.7 Å². The van der Waals surface area contributed by atoms with E-state index < -0.39 is 0 Å². The number of benzene rings is 3. The number of aromatic nitrogens is 3. The van der Waals surface area contributed by atoms with E-state index in [0.717, 1.165) is 57.7 Å². The lowest BCUT2D eigenvalue weighted by Gasteiger charge is -2.21. The minimum absolute atomic E-state index is 0.341. The van der Waals surface area contributed by atoms with Crippen LogP contribution in [0.4, 0.5) is 11.4 Å². The maximum atomic E-state index is 6.22. The first-order valence-electron chi connectivity index (χ1n) is 12.2. The summed E-state index contributed by atoms with van der Waals surface area (Å²) in [4.78, 5) is 14.5. The number of para-hydroxylation sites is 2. The molecule has 174 valence electrons. The van der Waals surface area contributed by atoms with Crippen LogP contribution in [-0.4, -0.2) is 20.6 Å². The molecule has 2 aromatic carbocycles. The van der Waals surface area contributed by atoms with E-state index in [0.29, 0.717) is 11.1 Å². The Bertz CT molecular complexity index is 1500. The van der Waals surface area contributed by atoms with Crippen LogP contribution in [0.5, 0.6) is 0 Å². The molecular formula is C29H26ClN5. The summed E-state index contributed by atoms with van der Waals surface area (Å²) >= 11 is 6.22. The normalized spacial score (nSPS) is 15.1. The van der Waals surface area contributed by atoms with Crippen molar-refractivity contribution in [2.75, 3.05) is 5.32 Å². The standard InChI is InChI=1S/C29H26ClN5/c30-20-12-14-23(15-13-20)35-28-11-5-4-10-24(28)34-27-17-25(33-22-9-6-16-31-19-22)26(18-29(27)35)32-21-7-2-1-3-8-21/h4-6,9-19,21,33H,1-3,7-8H2/b32-26+. The predicted molar refractivity (Wildman–Crippen MR) is 143 cm³/mol. The molecule has 1 aromatic heterocycles. The van der Waals surface area contributed by atoms with Gasteiger partial charge < -0.3 is 9.88 Å². The minimum atomic E-state index is 0.341. The maximum absolute atomic E-state index is 6.22. The molecule has 1 fully saturated rings. The van der Waals surface area contributed by atoms with Gasteiger partial charge in [0.25, 0.3) is 0 Å². The van der Waals surface area contributed by atoms with Crippen molar-refractivity contribution in [3.8, 4) is 17.1 Å². The zero-order valence-electron chi connectivity index (χ0n) is 19.4. The van der Waals surface area contributed by atoms with Gasteiger partial charge in [-0.2, -0.15) is 0 Å². The fraction of sp³-hybridized carbons (Fsp3) is 0.207. The molecule has 35 heavy (non-hydrogen) atoms. The number of hydrogen-bond donors (Lipinski definition) is 1. The molecule has 0 amide bonds. The molecular weight excluding hydrogens is 454 g/mol. The van der Waals surface area contributed by atoms with Crippen molar-refractivity contribution in [3.05, 3.63) is 95.6 Å². The number of nitrogens with one attached hydrogen (secondary N) is 1. The van der Waals surface area contributed by atoms with Gasteiger partial charge in [0, 0.05) is 16.9 Å². The third-order valence-corrected chi connectivity index (χ3v) is 6.87. The average Bonchev–Trinajstić information content (AvgIpc) is 2.90. The van der Waals surface area contributed by atoms with Gasteiger partial charge in [-0.05, 0) is 73.5 Å². The fourth-order valence-electron chi connectivity index (χ4n) is 4.92. The summed E-state index contributed by atoms with van der Waals surface area (Å²) in [6.07, 6.45) is 9.66. The van der Waals surface area contributed by atoms with Gasteiger partial charge in [0.05, 0.1) is 51.4 Å². The number of halogens is 1. The van der Waals surface area contributed by atoms with Crippen LogP contribution < -0.4 is 10.7 Å². The number of nitrogens with zero attached hydrogens (tertiary/aromatic N) is 4. The van der Waals surface area contributed by atoms with Crippen LogP contribution in [0.25, 0.3) is 28.1 Å². The smallest absolute Gasteiger partial charge is 0.0900 e. The van der Waals surface area contributed by atoms with Crippen molar-refractivity contribution in [3.63, 3.8) is 0 Å². The largest absolute Gasteiger partial charge is 0.352 e. The Kier molecular flexibility index (Phi) is 5.93. The van der Waals surface area contributed by atoms with Crippen LogP contribution in [0.2, 0.25) is 5.02 Å². The van der Waals surface area contributed by atoms with E-state index in [2.05, 4.69) is 39.1 Å². The van der Waals surface area contributed by atoms with Crippen molar-refractivity contribution < 1.29 is 0 Å². The van der Waals surface area contributed by atoms with Gasteiger partial charge in [-0.3, -0.25) is 9.98 Å². The third-order valence-electron chi connectivity index (χ3n) is 6.62. The molecule has 5 nitrogen and oxygen atoms in total. The summed E-state index contributed by atoms with van der Waals surface area (Å²) in [5.74, 6) is 0. The van der Waals surface area contributed by atoms with Crippen LogP contribution in [-0.2, 0) is 0 Å². The van der Waals surface area contributed by atoms with Gasteiger partial charge in [-0.1, -0.05) is 43.0 Å². The number of fused-ring (bicyclic) bond motifs is 2. The second-order valence-corrected chi connectivity index (χ2v) is 9.49. The highest BCUT2D eigenvalue weighted by molar-refractivity contribution is 6.30. The number of anilines is 2. The molecule has 0 radical (unpaired) electrons. The SMILES string of the molecule is Clc1ccc(-n2c3c/c(=N\C4CCCCC4)c(Nc4cccnc4)cc-3nc3ccccc32)cc1. The number of rotatable bonds is 4. The fourth-order valence-corrected chi connectivity index (χ4v) is 5.04. The summed E-state index contributed by atoms with van der Waals surface area (Å²) in [5, 5.41) is 5.21. The lowest BCUT2D eigenvalue weighted by Crippen LogP contribution is -2.19. The summed E-state index contributed by atoms with van der Waals surface area (Å²) < 4.78 is 2.25. The van der Waals surface area contributed by atoms with Crippen molar-refractivity contribution >= 4 is 34.0 Å². The van der Waals surface area contributed by atoms with Gasteiger partial charge in [0.1, 0.15) is 0 Å². The molecule has 0 bridgehead atoms. The molecule has 6 heteroatoms. The summed E-state index contributed by atoms with van der Waals surface area (Å²) in [7, 11) is 0. The molecule has 1 aliphatic heterocycles. The van der Waals surface area contributed by atoms with E-state index in [9.17, 15) is 0 Å². The first-order valence-corrected chi connectivity index (χ1v) is 12.5. The van der Waals surface area contributed by atoms with Crippen LogP contribution >= 0.6 is 11.6 Å². The van der Waals surface area contributed by atoms with Crippen molar-refractivity contribution in [1.29, 1.82) is 0 Å². The van der Waals surface area contributed by atoms with Crippen LogP contribution in [0.1, 0.15) is 32.1 Å². The van der Waals surface area contributed by atoms with E-state index in [4.69, 9.17) is 21.6 Å². The first kappa shape index (κ1) is 21.8. The maximum Gasteiger partial charge on any atom is 0.0900 e. The van der Waals surface area contributed by atoms with Crippen molar-refractivity contribution in [2.45, 2.75) is 38.1 Å². The third kappa shape index (κ3) is 4.52. The van der Waals surface area contributed by atoms with Crippen LogP contribution in [0, 0.1) is 0 Å². The second kappa shape index (κ2) is 9.51. The summed E-state index contributed by atoms with van der Waals surface area (Å²) in [5.41, 5.74) is 6.79. The highest BCUT2D eigenvalue weighted by atomic mass is 35.5. The minimum Gasteiger partial charge on any atom is -0.352 e. The molecule has 3 aromatic rings. The average molecular weight is 480 g/mol. The molecule has 6 rings (SSSR count). The molecule has 0 atom stereocenters. The Balaban J connectivity index is 1.62. The molecule has 0 saturated heterocycles. The van der Waals surface area contributed by atoms with Gasteiger partial charge in [0.2, 0.25) is 0 Å². The van der Waals surface area contributed by atoms with Crippen LogP contribution in [0.3, 0.4) is 0 Å². The van der Waals surface area contributed by atoms with E-state index in [-0.39, 0.29) is 0 Å². The molecule has 1 saturated carbocycles. The summed E-state index contributed by atoms with van der Waals surface area (Å²) in [6.45, 7) is 0. The Morgan fingerprint density at radius 3 is 2.54 bits per heavy atom. The Hall–Kier alpha value is -3.70. The quantitative estimate of drug-likeness (QED) is 0.278. The molecule has 3 aliphatic rings. The number of pyridine rings is 1. The van der Waals surface area contributed by atoms with Gasteiger partial charge in [0.15, 0.2) is 0 Å². The highest BCUT2D eigenvalue weighted by Crippen LogP contribution is 2.31. The molecule has 2 heterocycles. The van der Waals surface area contributed by atoms with Crippen molar-refractivity contribution in [1.82, 2.24) is 14.5 Å². The highest BCUT2D eigenvalue weighted by Gasteiger charge is 2.18. The van der Waals surface area contributed by atoms with E-state index >= 15 is 0 Å². The molecule has 2 aliphatic carbocycles. The zero-order chi connectivity index (χ0) is 23.6. The Morgan fingerprint density at radius 1 is 0.914 bits per heavy atom. The Labute approximate surface area is 209 Å². The number of hydrogen-bond acceptors (Lipinski definition) is 4. The second-order valence-electron chi connectivity index (χ2n) is 9.06. The first-order chi connectivity index (χ1) is 17.2. The van der Waals surface area contributed by atoms with Gasteiger partial charge in [-0.15, -0.1) is 0 Å². The molecule has 0 spiro atoms. The van der Waals surface area contributed by atoms with E-state index in [1.54, 1.807) is 6.20 Å². The predicted octanol–water partition coefficient (Wildman–Crippen LogP) is 7.16. The van der Waals surface area contributed by atoms with Crippen LogP contribution in [0.15, 0.2) is 90.2 Å². The van der Waals surface area contributed by atoms with E-state index in [1.165, 1.54) is 19.3 Å². The topological polar surface area (TPSA) is 55.1 Å². The molecule has 1 N–H and O–H groups in total. The van der Waals surface area contributed by atoms with Gasteiger partial charge >= 0.3 is 0 Å². The Morgan fingerprint density at radius 2 is 1.74 bits per heavy atom. The lowest BCUT2D eigenvalue weighted by molar-refractivity contribution is 0.437. The van der Waals surface area contributed by atoms with Gasteiger partial charge in [-0.25, -0.2) is 4.98 Å². The molecule has 0 unspecified atom stereocenters. The summed E-state index contributed by atoms with van der Waals surface area (Å²) in [6, 6.07) is 24.8. The zero-order valence-corrected chi connectivity index (χ0v) is 20.1. The van der Waals surface area contributed by atoms with Crippen molar-refractivity contribution in [2.24, 2.45) is 4.99 Å². The lowest BCUT2D eigenvalue weighted by atomic mass is 9.96. The monoisotopic (exact) mass is 479 g/mol.